The van der Waals surface area contributed by atoms with Gasteiger partial charge in [0.15, 0.2) is 5.89 Å². The second kappa shape index (κ2) is 4.02. The molecule has 5 heteroatoms. The summed E-state index contributed by atoms with van der Waals surface area (Å²) < 4.78 is 5.09. The maximum Gasteiger partial charge on any atom is 0.307 e. The van der Waals surface area contributed by atoms with Gasteiger partial charge in [-0.2, -0.15) is 0 Å². The molecule has 0 spiro atoms. The number of likely N-dealkylation sites (tertiary alicyclic amines) is 1. The van der Waals surface area contributed by atoms with Crippen LogP contribution in [-0.4, -0.2) is 34.0 Å². The summed E-state index contributed by atoms with van der Waals surface area (Å²) in [5, 5.41) is 8.84. The molecule has 1 N–H and O–H groups in total. The van der Waals surface area contributed by atoms with Crippen LogP contribution in [0.4, 0.5) is 0 Å². The van der Waals surface area contributed by atoms with E-state index in [9.17, 15) is 4.79 Å². The minimum absolute atomic E-state index is 0.224. The Morgan fingerprint density at radius 1 is 1.80 bits per heavy atom. The molecule has 1 aliphatic heterocycles. The van der Waals surface area contributed by atoms with Crippen LogP contribution in [0, 0.1) is 12.8 Å². The van der Waals surface area contributed by atoms with Gasteiger partial charge < -0.3 is 9.52 Å². The zero-order chi connectivity index (χ0) is 10.8. The molecule has 1 atom stereocenters. The molecule has 1 fully saturated rings. The summed E-state index contributed by atoms with van der Waals surface area (Å²) >= 11 is 0. The van der Waals surface area contributed by atoms with Crippen molar-refractivity contribution in [2.75, 3.05) is 13.1 Å². The summed E-state index contributed by atoms with van der Waals surface area (Å²) in [5.74, 6) is -0.272. The van der Waals surface area contributed by atoms with Crippen LogP contribution in [0.25, 0.3) is 0 Å². The molecule has 1 aromatic rings. The van der Waals surface area contributed by atoms with Crippen molar-refractivity contribution in [3.05, 3.63) is 17.8 Å². The summed E-state index contributed by atoms with van der Waals surface area (Å²) in [4.78, 5) is 17.0. The molecule has 1 unspecified atom stereocenters. The topological polar surface area (TPSA) is 66.6 Å². The van der Waals surface area contributed by atoms with E-state index in [4.69, 9.17) is 9.52 Å². The van der Waals surface area contributed by atoms with Crippen LogP contribution in [0.5, 0.6) is 0 Å². The Labute approximate surface area is 87.7 Å². The summed E-state index contributed by atoms with van der Waals surface area (Å²) in [6, 6.07) is 0. The average molecular weight is 210 g/mol. The maximum absolute atomic E-state index is 10.7. The molecule has 2 rings (SSSR count). The third kappa shape index (κ3) is 2.36. The van der Waals surface area contributed by atoms with E-state index in [-0.39, 0.29) is 5.92 Å². The highest BCUT2D eigenvalue weighted by molar-refractivity contribution is 5.70. The molecule has 0 bridgehead atoms. The Bertz CT molecular complexity index is 361. The quantitative estimate of drug-likeness (QED) is 0.802. The van der Waals surface area contributed by atoms with Crippen molar-refractivity contribution < 1.29 is 14.3 Å². The fourth-order valence-corrected chi connectivity index (χ4v) is 1.89. The molecule has 0 aliphatic carbocycles. The van der Waals surface area contributed by atoms with Crippen molar-refractivity contribution in [3.63, 3.8) is 0 Å². The van der Waals surface area contributed by atoms with Crippen LogP contribution in [0.1, 0.15) is 18.0 Å². The van der Waals surface area contributed by atoms with Gasteiger partial charge in [0, 0.05) is 20.0 Å². The number of rotatable bonds is 3. The maximum atomic E-state index is 10.7. The number of hydrogen-bond donors (Lipinski definition) is 1. The Balaban J connectivity index is 1.90. The van der Waals surface area contributed by atoms with Gasteiger partial charge in [0.25, 0.3) is 0 Å². The number of aryl methyl sites for hydroxylation is 1. The van der Waals surface area contributed by atoms with Crippen LogP contribution in [-0.2, 0) is 11.3 Å². The van der Waals surface area contributed by atoms with Crippen LogP contribution in [0.2, 0.25) is 0 Å². The lowest BCUT2D eigenvalue weighted by Crippen LogP contribution is -2.22. The van der Waals surface area contributed by atoms with Crippen LogP contribution in [0.15, 0.2) is 10.7 Å². The van der Waals surface area contributed by atoms with E-state index in [1.807, 2.05) is 0 Å². The summed E-state index contributed by atoms with van der Waals surface area (Å²) in [6.07, 6.45) is 2.36. The highest BCUT2D eigenvalue weighted by Crippen LogP contribution is 2.18. The van der Waals surface area contributed by atoms with Gasteiger partial charge in [-0.3, -0.25) is 9.69 Å². The number of carbonyl (C=O) groups is 1. The molecule has 0 saturated carbocycles. The fraction of sp³-hybridized carbons (Fsp3) is 0.600. The first-order valence-electron chi connectivity index (χ1n) is 5.01. The normalized spacial score (nSPS) is 22.1. The van der Waals surface area contributed by atoms with E-state index in [0.29, 0.717) is 19.0 Å². The summed E-state index contributed by atoms with van der Waals surface area (Å²) in [6.45, 7) is 3.92. The van der Waals surface area contributed by atoms with Gasteiger partial charge >= 0.3 is 5.97 Å². The molecule has 1 aromatic heterocycles. The third-order valence-corrected chi connectivity index (χ3v) is 2.67. The second-order valence-corrected chi connectivity index (χ2v) is 3.92. The molecule has 0 aromatic carbocycles. The minimum Gasteiger partial charge on any atom is -0.481 e. The molecule has 15 heavy (non-hydrogen) atoms. The Morgan fingerprint density at radius 2 is 2.60 bits per heavy atom. The predicted octanol–water partition coefficient (Wildman–Crippen LogP) is 0.890. The van der Waals surface area contributed by atoms with Gasteiger partial charge in [-0.15, -0.1) is 0 Å². The first-order valence-corrected chi connectivity index (χ1v) is 5.01. The number of oxazole rings is 1. The number of hydrogen-bond acceptors (Lipinski definition) is 4. The zero-order valence-electron chi connectivity index (χ0n) is 8.64. The minimum atomic E-state index is -0.700. The predicted molar refractivity (Wildman–Crippen MR) is 52.3 cm³/mol. The van der Waals surface area contributed by atoms with E-state index in [1.165, 1.54) is 0 Å². The van der Waals surface area contributed by atoms with Crippen molar-refractivity contribution in [1.29, 1.82) is 0 Å². The fourth-order valence-electron chi connectivity index (χ4n) is 1.89. The zero-order valence-corrected chi connectivity index (χ0v) is 8.64. The van der Waals surface area contributed by atoms with Crippen molar-refractivity contribution in [3.8, 4) is 0 Å². The Hall–Kier alpha value is -1.36. The first kappa shape index (κ1) is 10.2. The van der Waals surface area contributed by atoms with E-state index in [2.05, 4.69) is 9.88 Å². The van der Waals surface area contributed by atoms with Gasteiger partial charge in [-0.1, -0.05) is 0 Å². The standard InChI is InChI=1S/C10H14N2O3/c1-7-11-9(6-15-7)5-12-3-2-8(4-12)10(13)14/h6,8H,2-5H2,1H3,(H,13,14). The van der Waals surface area contributed by atoms with Crippen LogP contribution in [0.3, 0.4) is 0 Å². The molecule has 1 saturated heterocycles. The van der Waals surface area contributed by atoms with Crippen LogP contribution >= 0.6 is 0 Å². The van der Waals surface area contributed by atoms with Gasteiger partial charge in [0.05, 0.1) is 11.6 Å². The lowest BCUT2D eigenvalue weighted by molar-refractivity contribution is -0.141. The van der Waals surface area contributed by atoms with E-state index >= 15 is 0 Å². The summed E-state index contributed by atoms with van der Waals surface area (Å²) in [5.41, 5.74) is 0.874. The van der Waals surface area contributed by atoms with Crippen molar-refractivity contribution in [2.24, 2.45) is 5.92 Å². The van der Waals surface area contributed by atoms with Crippen molar-refractivity contribution in [1.82, 2.24) is 9.88 Å². The highest BCUT2D eigenvalue weighted by atomic mass is 16.4. The van der Waals surface area contributed by atoms with Crippen molar-refractivity contribution in [2.45, 2.75) is 19.9 Å². The second-order valence-electron chi connectivity index (χ2n) is 3.92. The number of aromatic nitrogens is 1. The lowest BCUT2D eigenvalue weighted by atomic mass is 10.1. The van der Waals surface area contributed by atoms with Gasteiger partial charge in [-0.05, 0) is 13.0 Å². The molecular formula is C10H14N2O3. The Morgan fingerprint density at radius 3 is 3.13 bits per heavy atom. The molecule has 82 valence electrons. The SMILES string of the molecule is Cc1nc(CN2CCC(C(=O)O)C2)co1. The Kier molecular flexibility index (Phi) is 2.73. The molecule has 2 heterocycles. The molecule has 0 radical (unpaired) electrons. The van der Waals surface area contributed by atoms with Gasteiger partial charge in [0.1, 0.15) is 6.26 Å². The van der Waals surface area contributed by atoms with Gasteiger partial charge in [0.2, 0.25) is 0 Å². The lowest BCUT2D eigenvalue weighted by Gasteiger charge is -2.12. The number of nitrogens with zero attached hydrogens (tertiary/aromatic N) is 2. The van der Waals surface area contributed by atoms with Gasteiger partial charge in [-0.25, -0.2) is 4.98 Å². The summed E-state index contributed by atoms with van der Waals surface area (Å²) in [7, 11) is 0. The van der Waals surface area contributed by atoms with Crippen LogP contribution < -0.4 is 0 Å². The van der Waals surface area contributed by atoms with Crippen molar-refractivity contribution >= 4 is 5.97 Å². The smallest absolute Gasteiger partial charge is 0.307 e. The third-order valence-electron chi connectivity index (χ3n) is 2.67. The number of carboxylic acids is 1. The molecule has 1 aliphatic rings. The van der Waals surface area contributed by atoms with E-state index in [0.717, 1.165) is 18.7 Å². The first-order chi connectivity index (χ1) is 7.15. The molecular weight excluding hydrogens is 196 g/mol. The average Bonchev–Trinajstić information content (AvgIpc) is 2.76. The monoisotopic (exact) mass is 210 g/mol. The van der Waals surface area contributed by atoms with E-state index in [1.54, 1.807) is 13.2 Å². The van der Waals surface area contributed by atoms with E-state index < -0.39 is 5.97 Å². The molecule has 5 nitrogen and oxygen atoms in total. The number of carboxylic acid groups (broad SMARTS) is 1. The largest absolute Gasteiger partial charge is 0.481 e. The molecule has 0 amide bonds. The highest BCUT2D eigenvalue weighted by Gasteiger charge is 2.28. The number of aliphatic carboxylic acids is 1.